The fourth-order valence-electron chi connectivity index (χ4n) is 2.16. The number of amides is 1. The van der Waals surface area contributed by atoms with E-state index >= 15 is 0 Å². The molecule has 1 heterocycles. The molecular formula is C18H16N2O2S. The quantitative estimate of drug-likeness (QED) is 0.754. The van der Waals surface area contributed by atoms with E-state index in [1.54, 1.807) is 23.6 Å². The van der Waals surface area contributed by atoms with Gasteiger partial charge in [-0.2, -0.15) is 0 Å². The van der Waals surface area contributed by atoms with Crippen molar-refractivity contribution in [3.05, 3.63) is 65.7 Å². The van der Waals surface area contributed by atoms with Crippen LogP contribution in [0.15, 0.2) is 60.1 Å². The van der Waals surface area contributed by atoms with Crippen molar-refractivity contribution in [1.82, 2.24) is 4.98 Å². The molecule has 3 aromatic rings. The molecule has 1 aromatic heterocycles. The molecule has 23 heavy (non-hydrogen) atoms. The van der Waals surface area contributed by atoms with Gasteiger partial charge in [-0.1, -0.05) is 12.1 Å². The fourth-order valence-corrected chi connectivity index (χ4v) is 2.80. The van der Waals surface area contributed by atoms with Crippen molar-refractivity contribution < 1.29 is 9.53 Å². The summed E-state index contributed by atoms with van der Waals surface area (Å²) < 4.78 is 5.39. The van der Waals surface area contributed by atoms with E-state index in [0.717, 1.165) is 22.0 Å². The number of carbonyl (C=O) groups is 1. The number of aromatic nitrogens is 1. The average molecular weight is 324 g/mol. The molecule has 0 bridgehead atoms. The van der Waals surface area contributed by atoms with E-state index in [9.17, 15) is 4.79 Å². The largest absolute Gasteiger partial charge is 0.494 e. The minimum atomic E-state index is -0.146. The third kappa shape index (κ3) is 3.76. The van der Waals surface area contributed by atoms with Crippen molar-refractivity contribution in [3.63, 3.8) is 0 Å². The predicted molar refractivity (Wildman–Crippen MR) is 93.1 cm³/mol. The Bertz CT molecular complexity index is 783. The van der Waals surface area contributed by atoms with Crippen LogP contribution >= 0.6 is 11.3 Å². The van der Waals surface area contributed by atoms with Crippen LogP contribution in [0.4, 0.5) is 5.69 Å². The zero-order chi connectivity index (χ0) is 16.1. The second-order valence-corrected chi connectivity index (χ2v) is 5.72. The third-order valence-electron chi connectivity index (χ3n) is 3.23. The Morgan fingerprint density at radius 2 is 2.04 bits per heavy atom. The molecule has 1 amide bonds. The first kappa shape index (κ1) is 15.2. The highest BCUT2D eigenvalue weighted by Crippen LogP contribution is 2.23. The van der Waals surface area contributed by atoms with Crippen LogP contribution in [0, 0.1) is 0 Å². The molecule has 0 spiro atoms. The van der Waals surface area contributed by atoms with Crippen LogP contribution in [0.1, 0.15) is 17.3 Å². The number of hydrogen-bond acceptors (Lipinski definition) is 4. The van der Waals surface area contributed by atoms with Gasteiger partial charge in [0.2, 0.25) is 0 Å². The Labute approximate surface area is 138 Å². The summed E-state index contributed by atoms with van der Waals surface area (Å²) in [6.45, 7) is 2.56. The first-order chi connectivity index (χ1) is 11.3. The summed E-state index contributed by atoms with van der Waals surface area (Å²) in [6.07, 6.45) is 1.76. The Balaban J connectivity index is 1.74. The molecule has 0 saturated carbocycles. The minimum absolute atomic E-state index is 0.146. The van der Waals surface area contributed by atoms with Crippen LogP contribution < -0.4 is 10.1 Å². The summed E-state index contributed by atoms with van der Waals surface area (Å²) in [6, 6.07) is 14.8. The number of nitrogens with zero attached hydrogens (tertiary/aromatic N) is 1. The molecule has 0 unspecified atom stereocenters. The number of hydrogen-bond donors (Lipinski definition) is 1. The second-order valence-electron chi connectivity index (χ2n) is 4.83. The maximum absolute atomic E-state index is 12.4. The molecule has 3 rings (SSSR count). The SMILES string of the molecule is CCOc1ccc(NC(=O)c2cccc(-c3nccs3)c2)cc1. The van der Waals surface area contributed by atoms with Gasteiger partial charge >= 0.3 is 0 Å². The maximum Gasteiger partial charge on any atom is 0.255 e. The molecule has 0 aliphatic heterocycles. The fraction of sp³-hybridized carbons (Fsp3) is 0.111. The minimum Gasteiger partial charge on any atom is -0.494 e. The van der Waals surface area contributed by atoms with Gasteiger partial charge in [-0.3, -0.25) is 4.79 Å². The van der Waals surface area contributed by atoms with Gasteiger partial charge in [0.15, 0.2) is 0 Å². The Morgan fingerprint density at radius 1 is 1.22 bits per heavy atom. The van der Waals surface area contributed by atoms with Crippen LogP contribution in [0.2, 0.25) is 0 Å². The van der Waals surface area contributed by atoms with Crippen LogP contribution in [0.3, 0.4) is 0 Å². The highest BCUT2D eigenvalue weighted by atomic mass is 32.1. The molecule has 5 heteroatoms. The van der Waals surface area contributed by atoms with E-state index in [2.05, 4.69) is 10.3 Å². The molecule has 2 aromatic carbocycles. The topological polar surface area (TPSA) is 51.2 Å². The van der Waals surface area contributed by atoms with Crippen LogP contribution in [0.25, 0.3) is 10.6 Å². The van der Waals surface area contributed by atoms with Crippen LogP contribution in [0.5, 0.6) is 5.75 Å². The van der Waals surface area contributed by atoms with Gasteiger partial charge in [0.25, 0.3) is 5.91 Å². The van der Waals surface area contributed by atoms with Gasteiger partial charge in [-0.15, -0.1) is 11.3 Å². The molecule has 0 atom stereocenters. The third-order valence-corrected chi connectivity index (χ3v) is 4.05. The first-order valence-electron chi connectivity index (χ1n) is 7.30. The summed E-state index contributed by atoms with van der Waals surface area (Å²) in [7, 11) is 0. The zero-order valence-electron chi connectivity index (χ0n) is 12.7. The molecule has 0 radical (unpaired) electrons. The lowest BCUT2D eigenvalue weighted by Crippen LogP contribution is -2.11. The van der Waals surface area contributed by atoms with Gasteiger partial charge < -0.3 is 10.1 Å². The summed E-state index contributed by atoms with van der Waals surface area (Å²) in [5.41, 5.74) is 2.28. The Morgan fingerprint density at radius 3 is 2.74 bits per heavy atom. The first-order valence-corrected chi connectivity index (χ1v) is 8.18. The Hall–Kier alpha value is -2.66. The van der Waals surface area contributed by atoms with Crippen molar-refractivity contribution in [2.24, 2.45) is 0 Å². The number of nitrogens with one attached hydrogen (secondary N) is 1. The summed E-state index contributed by atoms with van der Waals surface area (Å²) in [4.78, 5) is 16.7. The number of benzene rings is 2. The summed E-state index contributed by atoms with van der Waals surface area (Å²) in [5.74, 6) is 0.642. The van der Waals surface area contributed by atoms with Gasteiger partial charge in [0, 0.05) is 28.4 Å². The predicted octanol–water partition coefficient (Wildman–Crippen LogP) is 4.46. The number of carbonyl (C=O) groups excluding carboxylic acids is 1. The molecule has 0 saturated heterocycles. The normalized spacial score (nSPS) is 10.3. The standard InChI is InChI=1S/C18H16N2O2S/c1-2-22-16-8-6-15(7-9-16)20-17(21)13-4-3-5-14(12-13)18-19-10-11-23-18/h3-12H,2H2,1H3,(H,20,21). The number of ether oxygens (including phenoxy) is 1. The molecule has 116 valence electrons. The van der Waals surface area contributed by atoms with E-state index in [1.165, 1.54) is 0 Å². The van der Waals surface area contributed by atoms with E-state index in [-0.39, 0.29) is 5.91 Å². The van der Waals surface area contributed by atoms with Gasteiger partial charge in [0.1, 0.15) is 10.8 Å². The van der Waals surface area contributed by atoms with E-state index < -0.39 is 0 Å². The lowest BCUT2D eigenvalue weighted by atomic mass is 10.1. The molecule has 0 aliphatic rings. The lowest BCUT2D eigenvalue weighted by molar-refractivity contribution is 0.102. The van der Waals surface area contributed by atoms with Crippen molar-refractivity contribution in [1.29, 1.82) is 0 Å². The van der Waals surface area contributed by atoms with E-state index in [4.69, 9.17) is 4.74 Å². The molecule has 0 fully saturated rings. The van der Waals surface area contributed by atoms with Crippen LogP contribution in [-0.2, 0) is 0 Å². The van der Waals surface area contributed by atoms with Crippen molar-refractivity contribution in [2.75, 3.05) is 11.9 Å². The Kier molecular flexibility index (Phi) is 4.68. The smallest absolute Gasteiger partial charge is 0.255 e. The van der Waals surface area contributed by atoms with Crippen molar-refractivity contribution in [2.45, 2.75) is 6.92 Å². The average Bonchev–Trinajstić information content (AvgIpc) is 3.12. The molecule has 1 N–H and O–H groups in total. The van der Waals surface area contributed by atoms with E-state index in [1.807, 2.05) is 54.8 Å². The zero-order valence-corrected chi connectivity index (χ0v) is 13.5. The molecule has 0 aliphatic carbocycles. The summed E-state index contributed by atoms with van der Waals surface area (Å²) in [5, 5.41) is 5.71. The van der Waals surface area contributed by atoms with Crippen molar-refractivity contribution in [3.8, 4) is 16.3 Å². The number of thiazole rings is 1. The van der Waals surface area contributed by atoms with Crippen molar-refractivity contribution >= 4 is 22.9 Å². The lowest BCUT2D eigenvalue weighted by Gasteiger charge is -2.08. The van der Waals surface area contributed by atoms with E-state index in [0.29, 0.717) is 12.2 Å². The maximum atomic E-state index is 12.4. The van der Waals surface area contributed by atoms with Gasteiger partial charge in [-0.25, -0.2) is 4.98 Å². The van der Waals surface area contributed by atoms with Gasteiger partial charge in [-0.05, 0) is 43.3 Å². The van der Waals surface area contributed by atoms with Crippen LogP contribution in [-0.4, -0.2) is 17.5 Å². The highest BCUT2D eigenvalue weighted by Gasteiger charge is 2.09. The summed E-state index contributed by atoms with van der Waals surface area (Å²) >= 11 is 1.55. The number of rotatable bonds is 5. The van der Waals surface area contributed by atoms with Gasteiger partial charge in [0.05, 0.1) is 6.61 Å². The molecule has 4 nitrogen and oxygen atoms in total. The second kappa shape index (κ2) is 7.07. The monoisotopic (exact) mass is 324 g/mol. The number of anilines is 1. The highest BCUT2D eigenvalue weighted by molar-refractivity contribution is 7.13. The molecular weight excluding hydrogens is 308 g/mol.